The second kappa shape index (κ2) is 7.03. The molecule has 0 radical (unpaired) electrons. The number of phenols is 1. The molecule has 0 spiro atoms. The number of nitrogens with zero attached hydrogens (tertiary/aromatic N) is 2. The summed E-state index contributed by atoms with van der Waals surface area (Å²) in [5.41, 5.74) is 1.62. The molecule has 0 aliphatic carbocycles. The van der Waals surface area contributed by atoms with Gasteiger partial charge in [0.25, 0.3) is 0 Å². The number of rotatable bonds is 4. The van der Waals surface area contributed by atoms with E-state index in [0.717, 1.165) is 19.3 Å². The summed E-state index contributed by atoms with van der Waals surface area (Å²) in [7, 11) is -3.51. The smallest absolute Gasteiger partial charge is 0.243 e. The molecule has 0 bridgehead atoms. The second-order valence-electron chi connectivity index (χ2n) is 6.52. The molecule has 9 heteroatoms. The average Bonchev–Trinajstić information content (AvgIpc) is 3.07. The Bertz CT molecular complexity index is 1090. The Morgan fingerprint density at radius 1 is 1.11 bits per heavy atom. The van der Waals surface area contributed by atoms with Crippen LogP contribution in [-0.2, 0) is 10.0 Å². The maximum Gasteiger partial charge on any atom is 0.243 e. The molecule has 3 N–H and O–H groups in total. The van der Waals surface area contributed by atoms with Gasteiger partial charge in [-0.05, 0) is 49.2 Å². The number of phenolic OH excluding ortho intramolecular Hbond substituents is 1. The summed E-state index contributed by atoms with van der Waals surface area (Å²) < 4.78 is 27.2. The van der Waals surface area contributed by atoms with E-state index in [2.05, 4.69) is 15.3 Å². The van der Waals surface area contributed by atoms with Gasteiger partial charge in [-0.3, -0.25) is 0 Å². The summed E-state index contributed by atoms with van der Waals surface area (Å²) in [5.74, 6) is 0.420. The summed E-state index contributed by atoms with van der Waals surface area (Å²) in [5, 5.41) is 13.4. The van der Waals surface area contributed by atoms with Crippen molar-refractivity contribution in [1.82, 2.24) is 14.3 Å². The number of fused-ring (bicyclic) bond motifs is 1. The number of H-pyrrole nitrogens is 1. The Hall–Kier alpha value is -2.29. The fourth-order valence-corrected chi connectivity index (χ4v) is 4.91. The first kappa shape index (κ1) is 18.1. The van der Waals surface area contributed by atoms with Gasteiger partial charge >= 0.3 is 0 Å². The van der Waals surface area contributed by atoms with Crippen LogP contribution < -0.4 is 5.32 Å². The summed E-state index contributed by atoms with van der Waals surface area (Å²) in [4.78, 5) is 7.69. The fourth-order valence-electron chi connectivity index (χ4n) is 3.20. The van der Waals surface area contributed by atoms with Crippen LogP contribution in [0.4, 0.5) is 11.6 Å². The molecule has 0 amide bonds. The van der Waals surface area contributed by atoms with Gasteiger partial charge in [0.2, 0.25) is 16.0 Å². The third-order valence-corrected chi connectivity index (χ3v) is 6.75. The largest absolute Gasteiger partial charge is 0.506 e. The highest BCUT2D eigenvalue weighted by Gasteiger charge is 2.26. The lowest BCUT2D eigenvalue weighted by molar-refractivity contribution is 0.346. The number of aromatic hydroxyl groups is 1. The molecule has 0 unspecified atom stereocenters. The van der Waals surface area contributed by atoms with Crippen LogP contribution in [0.3, 0.4) is 0 Å². The van der Waals surface area contributed by atoms with Crippen LogP contribution in [0, 0.1) is 0 Å². The topological polar surface area (TPSA) is 98.3 Å². The number of nitrogens with one attached hydrogen (secondary N) is 2. The van der Waals surface area contributed by atoms with Crippen molar-refractivity contribution in [2.45, 2.75) is 24.2 Å². The van der Waals surface area contributed by atoms with E-state index in [1.165, 1.54) is 10.4 Å². The van der Waals surface area contributed by atoms with Crippen LogP contribution in [-0.4, -0.2) is 40.9 Å². The molecule has 0 atom stereocenters. The van der Waals surface area contributed by atoms with Crippen molar-refractivity contribution < 1.29 is 13.5 Å². The van der Waals surface area contributed by atoms with Gasteiger partial charge in [0.05, 0.1) is 21.6 Å². The lowest BCUT2D eigenvalue weighted by Gasteiger charge is -2.25. The van der Waals surface area contributed by atoms with E-state index in [4.69, 9.17) is 11.6 Å². The van der Waals surface area contributed by atoms with Gasteiger partial charge in [0, 0.05) is 18.1 Å². The molecule has 1 aliphatic rings. The van der Waals surface area contributed by atoms with Crippen molar-refractivity contribution in [1.29, 1.82) is 0 Å². The Morgan fingerprint density at radius 2 is 1.89 bits per heavy atom. The maximum absolute atomic E-state index is 12.8. The van der Waals surface area contributed by atoms with Gasteiger partial charge in [-0.15, -0.1) is 0 Å². The minimum atomic E-state index is -3.51. The van der Waals surface area contributed by atoms with Crippen molar-refractivity contribution in [3.05, 3.63) is 41.4 Å². The number of piperidine rings is 1. The summed E-state index contributed by atoms with van der Waals surface area (Å²) >= 11 is 5.95. The van der Waals surface area contributed by atoms with Gasteiger partial charge < -0.3 is 15.4 Å². The Morgan fingerprint density at radius 3 is 2.67 bits per heavy atom. The molecule has 2 heterocycles. The molecule has 7 nitrogen and oxygen atoms in total. The number of imidazole rings is 1. The zero-order valence-corrected chi connectivity index (χ0v) is 16.0. The number of hydrogen-bond acceptors (Lipinski definition) is 5. The number of aromatic nitrogens is 2. The van der Waals surface area contributed by atoms with E-state index in [0.29, 0.717) is 40.8 Å². The number of benzene rings is 2. The summed E-state index contributed by atoms with van der Waals surface area (Å²) in [6, 6.07) is 9.50. The monoisotopic (exact) mass is 406 g/mol. The maximum atomic E-state index is 12.8. The van der Waals surface area contributed by atoms with Crippen molar-refractivity contribution in [3.63, 3.8) is 0 Å². The van der Waals surface area contributed by atoms with Crippen molar-refractivity contribution in [3.8, 4) is 5.75 Å². The lowest BCUT2D eigenvalue weighted by atomic mass is 10.2. The minimum absolute atomic E-state index is 0.0354. The van der Waals surface area contributed by atoms with Gasteiger partial charge in [-0.2, -0.15) is 4.31 Å². The normalized spacial score (nSPS) is 15.9. The van der Waals surface area contributed by atoms with Crippen LogP contribution in [0.5, 0.6) is 5.75 Å². The fraction of sp³-hybridized carbons (Fsp3) is 0.278. The van der Waals surface area contributed by atoms with Crippen LogP contribution in [0.15, 0.2) is 41.3 Å². The lowest BCUT2D eigenvalue weighted by Crippen LogP contribution is -2.35. The van der Waals surface area contributed by atoms with Crippen molar-refractivity contribution >= 4 is 44.3 Å². The van der Waals surface area contributed by atoms with Gasteiger partial charge in [0.1, 0.15) is 5.75 Å². The van der Waals surface area contributed by atoms with Crippen LogP contribution in [0.2, 0.25) is 5.02 Å². The molecule has 1 fully saturated rings. The first-order valence-corrected chi connectivity index (χ1v) is 10.5. The minimum Gasteiger partial charge on any atom is -0.506 e. The van der Waals surface area contributed by atoms with Crippen LogP contribution in [0.25, 0.3) is 11.0 Å². The van der Waals surface area contributed by atoms with Gasteiger partial charge in [-0.1, -0.05) is 18.0 Å². The number of anilines is 2. The molecule has 3 aromatic rings. The summed E-state index contributed by atoms with van der Waals surface area (Å²) in [6.45, 7) is 1.11. The summed E-state index contributed by atoms with van der Waals surface area (Å²) in [6.07, 6.45) is 2.85. The number of halogens is 1. The third-order valence-electron chi connectivity index (χ3n) is 4.62. The molecule has 4 rings (SSSR count). The molecule has 27 heavy (non-hydrogen) atoms. The SMILES string of the molecule is O=S(=O)(c1ccc2[nH]c(Nc3cc(Cl)ccc3O)nc2c1)N1CCCCC1. The van der Waals surface area contributed by atoms with Crippen molar-refractivity contribution in [2.24, 2.45) is 0 Å². The highest BCUT2D eigenvalue weighted by atomic mass is 35.5. The standard InChI is InChI=1S/C18H19ClN4O3S/c19-12-4-7-17(24)16(10-12)22-18-20-14-6-5-13(11-15(14)21-18)27(25,26)23-8-2-1-3-9-23/h4-7,10-11,24H,1-3,8-9H2,(H2,20,21,22). The van der Waals surface area contributed by atoms with Gasteiger partial charge in [0.15, 0.2) is 0 Å². The third kappa shape index (κ3) is 3.60. The molecule has 2 aromatic carbocycles. The van der Waals surface area contributed by atoms with E-state index in [9.17, 15) is 13.5 Å². The quantitative estimate of drug-likeness (QED) is 0.572. The van der Waals surface area contributed by atoms with Crippen LogP contribution in [0.1, 0.15) is 19.3 Å². The Labute approximate surface area is 162 Å². The molecule has 0 saturated carbocycles. The first-order valence-electron chi connectivity index (χ1n) is 8.69. The zero-order valence-electron chi connectivity index (χ0n) is 14.4. The van der Waals surface area contributed by atoms with Crippen LogP contribution >= 0.6 is 11.6 Å². The number of sulfonamides is 1. The molecule has 1 aromatic heterocycles. The van der Waals surface area contributed by atoms with E-state index in [1.54, 1.807) is 30.3 Å². The molecular formula is C18H19ClN4O3S. The molecule has 1 aliphatic heterocycles. The van der Waals surface area contributed by atoms with E-state index < -0.39 is 10.0 Å². The zero-order chi connectivity index (χ0) is 19.0. The second-order valence-corrected chi connectivity index (χ2v) is 8.89. The molecule has 1 saturated heterocycles. The Kier molecular flexibility index (Phi) is 4.71. The first-order chi connectivity index (χ1) is 12.9. The highest BCUT2D eigenvalue weighted by Crippen LogP contribution is 2.30. The molecular weight excluding hydrogens is 388 g/mol. The number of hydrogen-bond donors (Lipinski definition) is 3. The van der Waals surface area contributed by atoms with Crippen molar-refractivity contribution in [2.75, 3.05) is 18.4 Å². The van der Waals surface area contributed by atoms with Gasteiger partial charge in [-0.25, -0.2) is 13.4 Å². The van der Waals surface area contributed by atoms with E-state index in [-0.39, 0.29) is 10.6 Å². The highest BCUT2D eigenvalue weighted by molar-refractivity contribution is 7.89. The van der Waals surface area contributed by atoms with E-state index >= 15 is 0 Å². The average molecular weight is 407 g/mol. The van der Waals surface area contributed by atoms with E-state index in [1.807, 2.05) is 0 Å². The number of aromatic amines is 1. The Balaban J connectivity index is 1.65. The molecule has 142 valence electrons. The predicted octanol–water partition coefficient (Wildman–Crippen LogP) is 3.84. The predicted molar refractivity (Wildman–Crippen MR) is 105 cm³/mol.